The second-order valence-corrected chi connectivity index (χ2v) is 12.5. The molecule has 3 fully saturated rings. The molecule has 256 valence electrons. The number of piperazine rings is 1. The van der Waals surface area contributed by atoms with Gasteiger partial charge < -0.3 is 40.1 Å². The third-order valence-corrected chi connectivity index (χ3v) is 8.04. The quantitative estimate of drug-likeness (QED) is 0.430. The molecule has 0 aromatic carbocycles. The predicted molar refractivity (Wildman–Crippen MR) is 166 cm³/mol. The highest BCUT2D eigenvalue weighted by Gasteiger charge is 2.31. The highest BCUT2D eigenvalue weighted by atomic mass is 19.3. The number of amides is 3. The normalized spacial score (nSPS) is 18.0. The van der Waals surface area contributed by atoms with Crippen LogP contribution in [0.5, 0.6) is 0 Å². The summed E-state index contributed by atoms with van der Waals surface area (Å²) in [6, 6.07) is 0. The number of rotatable bonds is 7. The molecule has 3 N–H and O–H groups in total. The number of carbonyl (C=O) groups excluding carboxylic acids is 3. The van der Waals surface area contributed by atoms with Gasteiger partial charge in [0.05, 0.1) is 25.3 Å². The highest BCUT2D eigenvalue weighted by Crippen LogP contribution is 2.30. The molecule has 0 unspecified atom stereocenters. The topological polar surface area (TPSA) is 185 Å². The maximum atomic E-state index is 13.9. The van der Waals surface area contributed by atoms with Gasteiger partial charge in [-0.25, -0.2) is 23.5 Å². The van der Waals surface area contributed by atoms with E-state index in [1.54, 1.807) is 30.6 Å². The van der Waals surface area contributed by atoms with Crippen molar-refractivity contribution in [2.24, 2.45) is 5.92 Å². The third kappa shape index (κ3) is 8.66. The van der Waals surface area contributed by atoms with Crippen LogP contribution in [0.15, 0.2) is 6.20 Å². The first-order chi connectivity index (χ1) is 22.4. The number of nitrogens with zero attached hydrogens (tertiary/aromatic N) is 9. The first-order valence-corrected chi connectivity index (χ1v) is 15.7. The smallest absolute Gasteiger partial charge is 0.410 e. The van der Waals surface area contributed by atoms with Gasteiger partial charge in [0.2, 0.25) is 29.7 Å². The summed E-state index contributed by atoms with van der Waals surface area (Å²) in [5, 5.41) is 2.75. The second-order valence-electron chi connectivity index (χ2n) is 12.5. The molecule has 0 spiro atoms. The zero-order chi connectivity index (χ0) is 33.7. The molecule has 18 heteroatoms. The van der Waals surface area contributed by atoms with Crippen LogP contribution in [0.4, 0.5) is 31.4 Å². The number of piperidine rings is 1. The summed E-state index contributed by atoms with van der Waals surface area (Å²) < 4.78 is 38.6. The number of hydrogen-bond donors (Lipinski definition) is 2. The molecule has 3 saturated heterocycles. The largest absolute Gasteiger partial charge is 0.444 e. The van der Waals surface area contributed by atoms with Crippen molar-refractivity contribution in [3.8, 4) is 11.4 Å². The summed E-state index contributed by atoms with van der Waals surface area (Å²) in [7, 11) is 0. The van der Waals surface area contributed by atoms with Crippen LogP contribution in [0.2, 0.25) is 0 Å². The average molecular weight is 662 g/mol. The molecule has 5 heterocycles. The molecule has 5 rings (SSSR count). The van der Waals surface area contributed by atoms with E-state index in [2.05, 4.69) is 30.2 Å². The molecule has 3 amide bonds. The van der Waals surface area contributed by atoms with E-state index in [0.717, 1.165) is 0 Å². The molecule has 47 heavy (non-hydrogen) atoms. The van der Waals surface area contributed by atoms with Crippen LogP contribution in [-0.4, -0.2) is 130 Å². The van der Waals surface area contributed by atoms with Crippen LogP contribution in [0.1, 0.15) is 45.7 Å². The van der Waals surface area contributed by atoms with Crippen molar-refractivity contribution < 1.29 is 32.6 Å². The lowest BCUT2D eigenvalue weighted by molar-refractivity contribution is -0.134. The number of hydrogen-bond acceptors (Lipinski definition) is 13. The third-order valence-electron chi connectivity index (χ3n) is 8.04. The number of nitrogens with two attached hydrogens (primary N) is 1. The van der Waals surface area contributed by atoms with Gasteiger partial charge in [0.25, 0.3) is 6.43 Å². The lowest BCUT2D eigenvalue weighted by Crippen LogP contribution is -2.52. The van der Waals surface area contributed by atoms with Crippen LogP contribution in [-0.2, 0) is 19.1 Å². The molecule has 0 radical (unpaired) electrons. The lowest BCUT2D eigenvalue weighted by Gasteiger charge is -2.35. The molecule has 0 aliphatic carbocycles. The SMILES string of the molecule is CC(C)(C)OC(=O)N1CCC(C(=O)NCC(=O)N2CCN(c3nc(-c4cnc(N)nc4C(F)F)nc(N4CCOCC4)n3)CC2)CC1. The van der Waals surface area contributed by atoms with Crippen molar-refractivity contribution in [3.63, 3.8) is 0 Å². The van der Waals surface area contributed by atoms with Gasteiger partial charge >= 0.3 is 6.09 Å². The van der Waals surface area contributed by atoms with Gasteiger partial charge in [-0.05, 0) is 33.6 Å². The lowest BCUT2D eigenvalue weighted by atomic mass is 9.96. The Kier molecular flexibility index (Phi) is 10.5. The summed E-state index contributed by atoms with van der Waals surface area (Å²) >= 11 is 0. The van der Waals surface area contributed by atoms with E-state index in [1.807, 2.05) is 9.80 Å². The van der Waals surface area contributed by atoms with E-state index in [-0.39, 0.29) is 47.6 Å². The van der Waals surface area contributed by atoms with E-state index in [0.29, 0.717) is 84.4 Å². The number of alkyl halides is 2. The van der Waals surface area contributed by atoms with Crippen molar-refractivity contribution in [1.82, 2.24) is 40.0 Å². The summed E-state index contributed by atoms with van der Waals surface area (Å²) in [5.41, 5.74) is 4.35. The second kappa shape index (κ2) is 14.5. The number of nitrogens with one attached hydrogen (secondary N) is 1. The minimum absolute atomic E-state index is 0.00932. The first-order valence-electron chi connectivity index (χ1n) is 15.7. The summed E-state index contributed by atoms with van der Waals surface area (Å²) in [5.74, 6) is -0.458. The zero-order valence-electron chi connectivity index (χ0n) is 26.8. The number of aromatic nitrogens is 5. The monoisotopic (exact) mass is 661 g/mol. The number of likely N-dealkylation sites (tertiary alicyclic amines) is 1. The van der Waals surface area contributed by atoms with Gasteiger partial charge in [-0.3, -0.25) is 9.59 Å². The van der Waals surface area contributed by atoms with Crippen LogP contribution >= 0.6 is 0 Å². The molecular formula is C29H41F2N11O5. The minimum Gasteiger partial charge on any atom is -0.444 e. The fourth-order valence-electron chi connectivity index (χ4n) is 5.49. The number of ether oxygens (including phenoxy) is 2. The van der Waals surface area contributed by atoms with Crippen LogP contribution in [0.3, 0.4) is 0 Å². The van der Waals surface area contributed by atoms with Gasteiger partial charge in [0.15, 0.2) is 5.82 Å². The van der Waals surface area contributed by atoms with Crippen molar-refractivity contribution in [3.05, 3.63) is 11.9 Å². The fourth-order valence-corrected chi connectivity index (χ4v) is 5.49. The van der Waals surface area contributed by atoms with Gasteiger partial charge in [0.1, 0.15) is 11.3 Å². The standard InChI is InChI=1S/C29H41F2N11O5/c1-29(2,3)47-28(45)42-6-4-18(5-7-42)24(44)33-17-20(43)39-8-10-40(11-9-39)26-36-23(19-16-34-25(32)35-21(19)22(30)31)37-27(38-26)41-12-14-46-15-13-41/h16,18,22H,4-15,17H2,1-3H3,(H,33,44)(H2,32,34,35). The highest BCUT2D eigenvalue weighted by molar-refractivity contribution is 5.86. The van der Waals surface area contributed by atoms with E-state index in [4.69, 9.17) is 15.2 Å². The maximum absolute atomic E-state index is 13.9. The van der Waals surface area contributed by atoms with Crippen molar-refractivity contribution in [2.75, 3.05) is 87.7 Å². The molecule has 16 nitrogen and oxygen atoms in total. The number of nitrogen functional groups attached to an aromatic ring is 1. The molecule has 3 aliphatic rings. The Morgan fingerprint density at radius 3 is 2.15 bits per heavy atom. The maximum Gasteiger partial charge on any atom is 0.410 e. The molecule has 0 saturated carbocycles. The average Bonchev–Trinajstić information content (AvgIpc) is 3.06. The summed E-state index contributed by atoms with van der Waals surface area (Å²) in [6.07, 6.45) is -1.17. The van der Waals surface area contributed by atoms with Crippen LogP contribution in [0, 0.1) is 5.92 Å². The minimum atomic E-state index is -2.93. The molecular weight excluding hydrogens is 620 g/mol. The Morgan fingerprint density at radius 2 is 1.55 bits per heavy atom. The molecule has 3 aliphatic heterocycles. The Morgan fingerprint density at radius 1 is 0.936 bits per heavy atom. The van der Waals surface area contributed by atoms with Gasteiger partial charge in [-0.1, -0.05) is 0 Å². The molecule has 2 aromatic heterocycles. The van der Waals surface area contributed by atoms with Crippen molar-refractivity contribution in [2.45, 2.75) is 45.6 Å². The summed E-state index contributed by atoms with van der Waals surface area (Å²) in [4.78, 5) is 66.3. The Bertz CT molecular complexity index is 1440. The van der Waals surface area contributed by atoms with Gasteiger partial charge in [-0.15, -0.1) is 0 Å². The number of carbonyl (C=O) groups is 3. The van der Waals surface area contributed by atoms with E-state index < -0.39 is 23.8 Å². The van der Waals surface area contributed by atoms with E-state index in [1.165, 1.54) is 6.20 Å². The molecule has 2 aromatic rings. The van der Waals surface area contributed by atoms with Crippen LogP contribution < -0.4 is 20.9 Å². The number of anilines is 3. The van der Waals surface area contributed by atoms with Crippen molar-refractivity contribution >= 4 is 35.8 Å². The fraction of sp³-hybridized carbons (Fsp3) is 0.655. The Balaban J connectivity index is 1.18. The Labute approximate surface area is 271 Å². The predicted octanol–water partition coefficient (Wildman–Crippen LogP) is 1.10. The Hall–Kier alpha value is -4.48. The van der Waals surface area contributed by atoms with Gasteiger partial charge in [0, 0.05) is 64.5 Å². The number of halogens is 2. The molecule has 0 bridgehead atoms. The molecule has 0 atom stereocenters. The summed E-state index contributed by atoms with van der Waals surface area (Å²) in [6.45, 7) is 9.46. The van der Waals surface area contributed by atoms with E-state index >= 15 is 0 Å². The zero-order valence-corrected chi connectivity index (χ0v) is 26.8. The van der Waals surface area contributed by atoms with Crippen LogP contribution in [0.25, 0.3) is 11.4 Å². The first kappa shape index (κ1) is 33.9. The van der Waals surface area contributed by atoms with E-state index in [9.17, 15) is 23.2 Å². The van der Waals surface area contributed by atoms with Crippen molar-refractivity contribution in [1.29, 1.82) is 0 Å². The number of morpholine rings is 1. The van der Waals surface area contributed by atoms with Gasteiger partial charge in [-0.2, -0.15) is 15.0 Å².